The van der Waals surface area contributed by atoms with Gasteiger partial charge in [-0.1, -0.05) is 5.21 Å². The second-order valence-electron chi connectivity index (χ2n) is 9.42. The number of amides is 2. The smallest absolute Gasteiger partial charge is 0.294 e. The summed E-state index contributed by atoms with van der Waals surface area (Å²) in [5.41, 5.74) is 0.370. The molecule has 3 N–H and O–H groups in total. The molecule has 1 fully saturated rings. The van der Waals surface area contributed by atoms with E-state index < -0.39 is 47.7 Å². The van der Waals surface area contributed by atoms with E-state index in [0.29, 0.717) is 36.3 Å². The van der Waals surface area contributed by atoms with Crippen LogP contribution in [0.25, 0.3) is 0 Å². The van der Waals surface area contributed by atoms with Gasteiger partial charge in [0.15, 0.2) is 6.20 Å². The average molecular weight is 501 g/mol. The molecular weight excluding hydrogens is 477 g/mol. The van der Waals surface area contributed by atoms with Gasteiger partial charge >= 0.3 is 0 Å². The molecule has 36 heavy (non-hydrogen) atoms. The lowest BCUT2D eigenvalue weighted by molar-refractivity contribution is -0.730. The molecule has 2 aliphatic rings. The van der Waals surface area contributed by atoms with Crippen molar-refractivity contribution in [2.75, 3.05) is 5.32 Å². The number of hydrogen-bond donors (Lipinski definition) is 3. The molecule has 0 bridgehead atoms. The molecule has 0 atom stereocenters. The van der Waals surface area contributed by atoms with E-state index >= 15 is 0 Å². The van der Waals surface area contributed by atoms with Crippen LogP contribution in [0.1, 0.15) is 57.1 Å². The number of carbonyl (C=O) groups is 3. The van der Waals surface area contributed by atoms with E-state index in [4.69, 9.17) is 0 Å². The Kier molecular flexibility index (Phi) is 5.49. The van der Waals surface area contributed by atoms with Crippen LogP contribution < -0.4 is 15.3 Å². The fourth-order valence-electron chi connectivity index (χ4n) is 5.19. The summed E-state index contributed by atoms with van der Waals surface area (Å²) in [6.07, 6.45) is 1.33. The summed E-state index contributed by atoms with van der Waals surface area (Å²) in [6, 6.07) is 5.26. The first-order valence-corrected chi connectivity index (χ1v) is 11.4. The predicted molar refractivity (Wildman–Crippen MR) is 120 cm³/mol. The standard InChI is InChI=1S/C24H23F3N6O3/c1-13-18(21(35)28-15-7-5-14(25)6-8-15)16-4-3-9-33(16)19(13)20(34)22(36)29-23(11-24(26,27)12-23)17-10-32(2)31-30-17/h5-8,10H,3-4,9,11-12H2,1-2H3,(H2,28,29,35,36)/p+1. The number of Topliss-reactive ketones (excluding diaryl/α,β-unsaturated/α-hetero) is 1. The number of ketones is 1. The van der Waals surface area contributed by atoms with Gasteiger partial charge in [-0.05, 0) is 49.6 Å². The van der Waals surface area contributed by atoms with Crippen molar-refractivity contribution < 1.29 is 32.2 Å². The highest BCUT2D eigenvalue weighted by molar-refractivity contribution is 6.43. The SMILES string of the molecule is Cc1c(C(=O)Nc2ccc(F)cc2)c2n(c1C(=O)C(=O)NC1(c3c[n+](C)[nH]n3)CC(F)(F)C1)CCC2. The van der Waals surface area contributed by atoms with Gasteiger partial charge in [-0.3, -0.25) is 14.4 Å². The summed E-state index contributed by atoms with van der Waals surface area (Å²) >= 11 is 0. The molecular formula is C24H24F3N6O3+. The van der Waals surface area contributed by atoms with Crippen molar-refractivity contribution in [2.45, 2.75) is 50.6 Å². The monoisotopic (exact) mass is 501 g/mol. The third kappa shape index (κ3) is 3.95. The zero-order valence-corrected chi connectivity index (χ0v) is 19.6. The second kappa shape index (κ2) is 8.32. The molecule has 3 aromatic rings. The summed E-state index contributed by atoms with van der Waals surface area (Å²) in [5.74, 6) is -5.88. The highest BCUT2D eigenvalue weighted by Gasteiger charge is 2.62. The van der Waals surface area contributed by atoms with Crippen LogP contribution in [0.4, 0.5) is 18.9 Å². The summed E-state index contributed by atoms with van der Waals surface area (Å²) in [4.78, 5) is 39.5. The van der Waals surface area contributed by atoms with Crippen molar-refractivity contribution in [1.29, 1.82) is 0 Å². The molecule has 5 rings (SSSR count). The molecule has 12 heteroatoms. The Morgan fingerprint density at radius 3 is 2.47 bits per heavy atom. The first-order chi connectivity index (χ1) is 17.0. The van der Waals surface area contributed by atoms with Gasteiger partial charge in [-0.15, -0.1) is 0 Å². The van der Waals surface area contributed by atoms with Crippen LogP contribution in [-0.4, -0.2) is 38.4 Å². The van der Waals surface area contributed by atoms with Crippen molar-refractivity contribution in [3.05, 3.63) is 64.5 Å². The Hall–Kier alpha value is -3.96. The third-order valence-electron chi connectivity index (χ3n) is 6.77. The Morgan fingerprint density at radius 1 is 1.17 bits per heavy atom. The van der Waals surface area contributed by atoms with Gasteiger partial charge in [0.05, 0.1) is 11.3 Å². The van der Waals surface area contributed by atoms with E-state index in [1.807, 2.05) is 0 Å². The number of benzene rings is 1. The molecule has 1 aliphatic heterocycles. The van der Waals surface area contributed by atoms with Crippen molar-refractivity contribution in [1.82, 2.24) is 20.2 Å². The van der Waals surface area contributed by atoms with Gasteiger partial charge in [0.1, 0.15) is 18.4 Å². The van der Waals surface area contributed by atoms with Crippen LogP contribution >= 0.6 is 0 Å². The summed E-state index contributed by atoms with van der Waals surface area (Å²) in [6.45, 7) is 2.01. The highest BCUT2D eigenvalue weighted by atomic mass is 19.3. The lowest BCUT2D eigenvalue weighted by Gasteiger charge is -2.44. The normalized spacial score (nSPS) is 17.2. The van der Waals surface area contributed by atoms with E-state index in [9.17, 15) is 27.6 Å². The van der Waals surface area contributed by atoms with Gasteiger partial charge in [-0.25, -0.2) is 13.2 Å². The number of nitrogens with zero attached hydrogens (tertiary/aromatic N) is 3. The number of carbonyl (C=O) groups excluding carboxylic acids is 3. The number of alkyl halides is 2. The largest absolute Gasteiger partial charge is 0.341 e. The van der Waals surface area contributed by atoms with Gasteiger partial charge in [0, 0.05) is 35.9 Å². The van der Waals surface area contributed by atoms with Crippen molar-refractivity contribution in [3.8, 4) is 0 Å². The van der Waals surface area contributed by atoms with Gasteiger partial charge in [0.2, 0.25) is 5.69 Å². The molecule has 9 nitrogen and oxygen atoms in total. The molecule has 0 unspecified atom stereocenters. The Bertz CT molecular complexity index is 1380. The maximum absolute atomic E-state index is 13.9. The van der Waals surface area contributed by atoms with Crippen LogP contribution in [0.3, 0.4) is 0 Å². The summed E-state index contributed by atoms with van der Waals surface area (Å²) in [5, 5.41) is 11.8. The molecule has 2 amide bonds. The summed E-state index contributed by atoms with van der Waals surface area (Å²) in [7, 11) is 1.62. The van der Waals surface area contributed by atoms with Crippen LogP contribution in [0.2, 0.25) is 0 Å². The third-order valence-corrected chi connectivity index (χ3v) is 6.77. The maximum atomic E-state index is 13.9. The van der Waals surface area contributed by atoms with Crippen LogP contribution in [0, 0.1) is 12.7 Å². The molecule has 1 aromatic carbocycles. The van der Waals surface area contributed by atoms with E-state index in [-0.39, 0.29) is 17.0 Å². The minimum absolute atomic E-state index is 0.0538. The molecule has 0 radical (unpaired) electrons. The minimum Gasteiger partial charge on any atom is -0.341 e. The zero-order chi connectivity index (χ0) is 25.8. The van der Waals surface area contributed by atoms with Crippen molar-refractivity contribution in [3.63, 3.8) is 0 Å². The average Bonchev–Trinajstić information content (AvgIpc) is 3.49. The Balaban J connectivity index is 1.43. The first-order valence-electron chi connectivity index (χ1n) is 11.4. The molecule has 0 spiro atoms. The molecule has 188 valence electrons. The molecule has 3 heterocycles. The Morgan fingerprint density at radius 2 is 1.86 bits per heavy atom. The number of hydrogen-bond acceptors (Lipinski definition) is 4. The van der Waals surface area contributed by atoms with Gasteiger partial charge in [-0.2, -0.15) is 4.68 Å². The quantitative estimate of drug-likeness (QED) is 0.273. The second-order valence-corrected chi connectivity index (χ2v) is 9.42. The molecule has 0 saturated heterocycles. The number of nitrogens with one attached hydrogen (secondary N) is 3. The van der Waals surface area contributed by atoms with Crippen molar-refractivity contribution in [2.24, 2.45) is 7.05 Å². The molecule has 1 aliphatic carbocycles. The predicted octanol–water partition coefficient (Wildman–Crippen LogP) is 2.31. The lowest BCUT2D eigenvalue weighted by Crippen LogP contribution is -2.61. The highest BCUT2D eigenvalue weighted by Crippen LogP contribution is 2.51. The van der Waals surface area contributed by atoms with Crippen LogP contribution in [0.15, 0.2) is 30.5 Å². The number of rotatable bonds is 6. The number of aromatic amines is 1. The zero-order valence-electron chi connectivity index (χ0n) is 19.6. The van der Waals surface area contributed by atoms with E-state index in [1.165, 1.54) is 35.1 Å². The van der Waals surface area contributed by atoms with E-state index in [1.54, 1.807) is 18.5 Å². The topological polar surface area (TPSA) is 113 Å². The molecule has 2 aromatic heterocycles. The lowest BCUT2D eigenvalue weighted by atomic mass is 9.71. The number of aromatic nitrogens is 4. The van der Waals surface area contributed by atoms with Gasteiger partial charge in [0.25, 0.3) is 23.5 Å². The van der Waals surface area contributed by atoms with E-state index in [2.05, 4.69) is 20.9 Å². The molecule has 1 saturated carbocycles. The van der Waals surface area contributed by atoms with Crippen LogP contribution in [0.5, 0.6) is 0 Å². The number of H-pyrrole nitrogens is 1. The number of aryl methyl sites for hydroxylation is 1. The number of anilines is 1. The fourth-order valence-corrected chi connectivity index (χ4v) is 5.19. The Labute approximate surface area is 203 Å². The minimum atomic E-state index is -2.99. The maximum Gasteiger partial charge on any atom is 0.294 e. The fraction of sp³-hybridized carbons (Fsp3) is 0.375. The van der Waals surface area contributed by atoms with Crippen molar-refractivity contribution >= 4 is 23.3 Å². The number of halogens is 3. The number of fused-ring (bicyclic) bond motifs is 1. The first kappa shape index (κ1) is 23.8. The van der Waals surface area contributed by atoms with Crippen LogP contribution in [-0.2, 0) is 30.3 Å². The summed E-state index contributed by atoms with van der Waals surface area (Å²) < 4.78 is 44.1. The van der Waals surface area contributed by atoms with Gasteiger partial charge < -0.3 is 15.2 Å². The van der Waals surface area contributed by atoms with E-state index in [0.717, 1.165) is 0 Å².